The molecule has 2 heterocycles. The lowest BCUT2D eigenvalue weighted by Crippen LogP contribution is -2.41. The van der Waals surface area contributed by atoms with Gasteiger partial charge in [0.15, 0.2) is 21.2 Å². The number of hydrogen-bond acceptors (Lipinski definition) is 6. The molecule has 8 nitrogen and oxygen atoms in total. The van der Waals surface area contributed by atoms with Gasteiger partial charge in [0.25, 0.3) is 0 Å². The first-order chi connectivity index (χ1) is 9.33. The Balaban J connectivity index is 2.50. The van der Waals surface area contributed by atoms with Gasteiger partial charge in [-0.15, -0.1) is 5.10 Å². The van der Waals surface area contributed by atoms with E-state index in [-0.39, 0.29) is 18.0 Å². The Morgan fingerprint density at radius 3 is 2.75 bits per heavy atom. The maximum Gasteiger partial charge on any atom is 0.331 e. The second-order valence-electron chi connectivity index (χ2n) is 5.23. The van der Waals surface area contributed by atoms with Crippen molar-refractivity contribution in [1.82, 2.24) is 20.2 Å². The van der Waals surface area contributed by atoms with Gasteiger partial charge in [-0.05, 0) is 36.6 Å². The zero-order valence-electron chi connectivity index (χ0n) is 11.5. The van der Waals surface area contributed by atoms with Gasteiger partial charge in [-0.1, -0.05) is 13.3 Å². The normalized spacial score (nSPS) is 25.0. The summed E-state index contributed by atoms with van der Waals surface area (Å²) in [6.07, 6.45) is 2.09. The Morgan fingerprint density at radius 2 is 2.20 bits per heavy atom. The molecule has 9 heteroatoms. The van der Waals surface area contributed by atoms with Crippen molar-refractivity contribution in [2.45, 2.75) is 50.3 Å². The summed E-state index contributed by atoms with van der Waals surface area (Å²) in [5.41, 5.74) is -1.34. The van der Waals surface area contributed by atoms with Gasteiger partial charge in [0.2, 0.25) is 0 Å². The van der Waals surface area contributed by atoms with Gasteiger partial charge in [-0.3, -0.25) is 0 Å². The average molecular weight is 302 g/mol. The molecular formula is C11H18N4O4S. The topological polar surface area (TPSA) is 115 Å². The molecule has 0 bridgehead atoms. The number of carboxylic acid groups (broad SMARTS) is 1. The fourth-order valence-electron chi connectivity index (χ4n) is 2.38. The van der Waals surface area contributed by atoms with Crippen LogP contribution in [-0.4, -0.2) is 45.5 Å². The zero-order chi connectivity index (χ0) is 15.0. The molecule has 112 valence electrons. The predicted octanol–water partition coefficient (Wildman–Crippen LogP) is 0.523. The molecule has 0 radical (unpaired) electrons. The summed E-state index contributed by atoms with van der Waals surface area (Å²) in [5, 5.41) is 19.6. The maximum atomic E-state index is 12.2. The van der Waals surface area contributed by atoms with E-state index in [1.807, 2.05) is 0 Å². The van der Waals surface area contributed by atoms with Gasteiger partial charge in [-0.2, -0.15) is 0 Å². The molecule has 1 aliphatic rings. The van der Waals surface area contributed by atoms with Crippen LogP contribution in [0.2, 0.25) is 0 Å². The summed E-state index contributed by atoms with van der Waals surface area (Å²) in [6, 6.07) is 0. The summed E-state index contributed by atoms with van der Waals surface area (Å²) in [4.78, 5) is 11.5. The van der Waals surface area contributed by atoms with Crippen molar-refractivity contribution in [2.24, 2.45) is 0 Å². The van der Waals surface area contributed by atoms with Crippen LogP contribution in [0.4, 0.5) is 0 Å². The van der Waals surface area contributed by atoms with Crippen molar-refractivity contribution in [1.29, 1.82) is 0 Å². The molecule has 2 atom stereocenters. The van der Waals surface area contributed by atoms with Crippen LogP contribution >= 0.6 is 0 Å². The number of rotatable bonds is 4. The number of sulfone groups is 1. The number of aromatic nitrogens is 4. The van der Waals surface area contributed by atoms with Crippen molar-refractivity contribution in [2.75, 3.05) is 5.75 Å². The lowest BCUT2D eigenvalue weighted by atomic mass is 9.99. The van der Waals surface area contributed by atoms with Crippen molar-refractivity contribution in [3.8, 4) is 0 Å². The third-order valence-electron chi connectivity index (χ3n) is 3.98. The minimum Gasteiger partial charge on any atom is -0.479 e. The van der Waals surface area contributed by atoms with E-state index in [1.165, 1.54) is 6.92 Å². The third-order valence-corrected chi connectivity index (χ3v) is 6.15. The predicted molar refractivity (Wildman–Crippen MR) is 69.8 cm³/mol. The Kier molecular flexibility index (Phi) is 3.81. The van der Waals surface area contributed by atoms with E-state index in [0.717, 1.165) is 11.1 Å². The SMILES string of the molecule is CCC(C)(C(=O)O)n1nnnc1C1CCCCS1(=O)=O. The minimum atomic E-state index is -3.32. The molecule has 0 aromatic carbocycles. The molecule has 0 aliphatic carbocycles. The van der Waals surface area contributed by atoms with Gasteiger partial charge in [0.1, 0.15) is 5.25 Å². The standard InChI is InChI=1S/C11H18N4O4S/c1-3-11(2,10(16)17)15-9(12-13-14-15)8-6-4-5-7-20(8,18)19/h8H,3-7H2,1-2H3,(H,16,17). The van der Waals surface area contributed by atoms with E-state index in [0.29, 0.717) is 12.8 Å². The molecule has 0 saturated carbocycles. The number of nitrogens with zero attached hydrogens (tertiary/aromatic N) is 4. The lowest BCUT2D eigenvalue weighted by Gasteiger charge is -2.27. The number of hydrogen-bond donors (Lipinski definition) is 1. The lowest BCUT2D eigenvalue weighted by molar-refractivity contribution is -0.147. The van der Waals surface area contributed by atoms with Crippen molar-refractivity contribution < 1.29 is 18.3 Å². The Hall–Kier alpha value is -1.51. The highest BCUT2D eigenvalue weighted by atomic mass is 32.2. The van der Waals surface area contributed by atoms with Crippen LogP contribution in [-0.2, 0) is 20.2 Å². The zero-order valence-corrected chi connectivity index (χ0v) is 12.3. The van der Waals surface area contributed by atoms with Crippen molar-refractivity contribution >= 4 is 15.8 Å². The molecule has 2 rings (SSSR count). The van der Waals surface area contributed by atoms with E-state index in [1.54, 1.807) is 6.92 Å². The summed E-state index contributed by atoms with van der Waals surface area (Å²) in [7, 11) is -3.32. The smallest absolute Gasteiger partial charge is 0.331 e. The third kappa shape index (κ3) is 2.30. The van der Waals surface area contributed by atoms with E-state index in [4.69, 9.17) is 0 Å². The first-order valence-corrected chi connectivity index (χ1v) is 8.28. The highest BCUT2D eigenvalue weighted by Gasteiger charge is 2.42. The van der Waals surface area contributed by atoms with E-state index in [2.05, 4.69) is 15.5 Å². The van der Waals surface area contributed by atoms with Crippen LogP contribution in [0.25, 0.3) is 0 Å². The molecule has 0 amide bonds. The second kappa shape index (κ2) is 5.12. The Labute approximate surface area is 117 Å². The fraction of sp³-hybridized carbons (Fsp3) is 0.818. The van der Waals surface area contributed by atoms with Gasteiger partial charge < -0.3 is 5.11 Å². The number of aliphatic carboxylic acids is 1. The molecule has 1 fully saturated rings. The molecule has 1 saturated heterocycles. The fourth-order valence-corrected chi connectivity index (χ4v) is 4.27. The van der Waals surface area contributed by atoms with E-state index >= 15 is 0 Å². The monoisotopic (exact) mass is 302 g/mol. The van der Waals surface area contributed by atoms with Gasteiger partial charge >= 0.3 is 5.97 Å². The van der Waals surface area contributed by atoms with Gasteiger partial charge in [0.05, 0.1) is 5.75 Å². The molecule has 0 spiro atoms. The number of tetrazole rings is 1. The average Bonchev–Trinajstić information content (AvgIpc) is 2.86. The highest BCUT2D eigenvalue weighted by molar-refractivity contribution is 7.91. The second-order valence-corrected chi connectivity index (χ2v) is 7.54. The maximum absolute atomic E-state index is 12.2. The Morgan fingerprint density at radius 1 is 1.50 bits per heavy atom. The largest absolute Gasteiger partial charge is 0.479 e. The van der Waals surface area contributed by atoms with Crippen molar-refractivity contribution in [3.05, 3.63) is 5.82 Å². The number of carbonyl (C=O) groups is 1. The Bertz CT molecular complexity index is 612. The molecule has 1 aromatic heterocycles. The van der Waals surface area contributed by atoms with Gasteiger partial charge in [-0.25, -0.2) is 17.9 Å². The van der Waals surface area contributed by atoms with Crippen LogP contribution in [0.3, 0.4) is 0 Å². The van der Waals surface area contributed by atoms with E-state index in [9.17, 15) is 18.3 Å². The van der Waals surface area contributed by atoms with Gasteiger partial charge in [0, 0.05) is 0 Å². The highest BCUT2D eigenvalue weighted by Crippen LogP contribution is 2.34. The summed E-state index contributed by atoms with van der Waals surface area (Å²) in [6.45, 7) is 3.19. The molecule has 1 aliphatic heterocycles. The summed E-state index contributed by atoms with van der Waals surface area (Å²) in [5.74, 6) is -0.848. The summed E-state index contributed by atoms with van der Waals surface area (Å²) < 4.78 is 25.5. The molecular weight excluding hydrogens is 284 g/mol. The van der Waals surface area contributed by atoms with Crippen LogP contribution < -0.4 is 0 Å². The summed E-state index contributed by atoms with van der Waals surface area (Å²) >= 11 is 0. The van der Waals surface area contributed by atoms with Crippen LogP contribution in [0.5, 0.6) is 0 Å². The first kappa shape index (κ1) is 14.9. The number of carboxylic acids is 1. The van der Waals surface area contributed by atoms with Crippen LogP contribution in [0.15, 0.2) is 0 Å². The van der Waals surface area contributed by atoms with Crippen molar-refractivity contribution in [3.63, 3.8) is 0 Å². The molecule has 1 N–H and O–H groups in total. The first-order valence-electron chi connectivity index (χ1n) is 6.56. The molecule has 2 unspecified atom stereocenters. The van der Waals surface area contributed by atoms with Crippen LogP contribution in [0, 0.1) is 0 Å². The van der Waals surface area contributed by atoms with E-state index < -0.39 is 26.6 Å². The molecule has 20 heavy (non-hydrogen) atoms. The van der Waals surface area contributed by atoms with Crippen LogP contribution in [0.1, 0.15) is 50.6 Å². The minimum absolute atomic E-state index is 0.0977. The molecule has 1 aromatic rings. The quantitative estimate of drug-likeness (QED) is 0.862.